The minimum absolute atomic E-state index is 0.0146. The zero-order valence-corrected chi connectivity index (χ0v) is 12.2. The highest BCUT2D eigenvalue weighted by molar-refractivity contribution is 5.78. The standard InChI is InChI=1S/C16H23NO3/c1-13(8-10-20-15-6-4-3-5-7-15)16(18)17-9-11-19-12-14(17)2/h3-7,13-14H,8-12H2,1-2H3/t13-,14+/m0/s1. The third-order valence-corrected chi connectivity index (χ3v) is 3.64. The maximum Gasteiger partial charge on any atom is 0.225 e. The number of hydrogen-bond donors (Lipinski definition) is 0. The molecule has 0 aliphatic carbocycles. The molecule has 1 aliphatic heterocycles. The number of carbonyl (C=O) groups excluding carboxylic acids is 1. The van der Waals surface area contributed by atoms with E-state index >= 15 is 0 Å². The number of amides is 1. The highest BCUT2D eigenvalue weighted by Gasteiger charge is 2.27. The van der Waals surface area contributed by atoms with Crippen LogP contribution in [0, 0.1) is 5.92 Å². The zero-order chi connectivity index (χ0) is 14.4. The highest BCUT2D eigenvalue weighted by Crippen LogP contribution is 2.15. The summed E-state index contributed by atoms with van der Waals surface area (Å²) in [7, 11) is 0. The molecule has 0 radical (unpaired) electrons. The lowest BCUT2D eigenvalue weighted by Crippen LogP contribution is -2.49. The maximum absolute atomic E-state index is 12.4. The SMILES string of the molecule is C[C@@H]1COCCN1C(=O)[C@@H](C)CCOc1ccccc1. The summed E-state index contributed by atoms with van der Waals surface area (Å²) in [6.07, 6.45) is 0.734. The third-order valence-electron chi connectivity index (χ3n) is 3.64. The van der Waals surface area contributed by atoms with Crippen LogP contribution in [0.3, 0.4) is 0 Å². The van der Waals surface area contributed by atoms with Crippen molar-refractivity contribution in [3.05, 3.63) is 30.3 Å². The van der Waals surface area contributed by atoms with Gasteiger partial charge >= 0.3 is 0 Å². The predicted molar refractivity (Wildman–Crippen MR) is 77.7 cm³/mol. The van der Waals surface area contributed by atoms with Crippen LogP contribution in [0.1, 0.15) is 20.3 Å². The van der Waals surface area contributed by atoms with Crippen LogP contribution in [0.15, 0.2) is 30.3 Å². The van der Waals surface area contributed by atoms with Gasteiger partial charge in [-0.25, -0.2) is 0 Å². The lowest BCUT2D eigenvalue weighted by atomic mass is 10.1. The zero-order valence-electron chi connectivity index (χ0n) is 12.2. The molecular weight excluding hydrogens is 254 g/mol. The summed E-state index contributed by atoms with van der Waals surface area (Å²) in [5.41, 5.74) is 0. The first-order valence-electron chi connectivity index (χ1n) is 7.24. The summed E-state index contributed by atoms with van der Waals surface area (Å²) in [6, 6.07) is 9.87. The van der Waals surface area contributed by atoms with Gasteiger partial charge in [-0.05, 0) is 25.5 Å². The van der Waals surface area contributed by atoms with Gasteiger partial charge in [0.15, 0.2) is 0 Å². The van der Waals surface area contributed by atoms with E-state index in [1.807, 2.05) is 49.1 Å². The lowest BCUT2D eigenvalue weighted by molar-refractivity contribution is -0.143. The molecule has 1 fully saturated rings. The summed E-state index contributed by atoms with van der Waals surface area (Å²) in [6.45, 7) is 6.55. The number of benzene rings is 1. The normalized spacial score (nSPS) is 20.5. The fourth-order valence-corrected chi connectivity index (χ4v) is 2.33. The number of carbonyl (C=O) groups is 1. The molecule has 1 heterocycles. The summed E-state index contributed by atoms with van der Waals surface area (Å²) in [4.78, 5) is 14.3. The first-order valence-corrected chi connectivity index (χ1v) is 7.24. The van der Waals surface area contributed by atoms with E-state index in [1.54, 1.807) is 0 Å². The maximum atomic E-state index is 12.4. The first kappa shape index (κ1) is 14.9. The molecule has 0 bridgehead atoms. The molecule has 1 amide bonds. The van der Waals surface area contributed by atoms with E-state index in [4.69, 9.17) is 9.47 Å². The van der Waals surface area contributed by atoms with Crippen molar-refractivity contribution in [1.82, 2.24) is 4.90 Å². The Morgan fingerprint density at radius 3 is 2.90 bits per heavy atom. The van der Waals surface area contributed by atoms with Crippen molar-refractivity contribution in [2.75, 3.05) is 26.4 Å². The Hall–Kier alpha value is -1.55. The van der Waals surface area contributed by atoms with Crippen LogP contribution in [0.5, 0.6) is 5.75 Å². The Morgan fingerprint density at radius 1 is 1.45 bits per heavy atom. The molecule has 1 aliphatic rings. The third kappa shape index (κ3) is 3.97. The Morgan fingerprint density at radius 2 is 2.20 bits per heavy atom. The van der Waals surface area contributed by atoms with Crippen LogP contribution < -0.4 is 4.74 Å². The van der Waals surface area contributed by atoms with E-state index in [0.717, 1.165) is 12.2 Å². The van der Waals surface area contributed by atoms with Crippen molar-refractivity contribution in [2.24, 2.45) is 5.92 Å². The molecule has 2 atom stereocenters. The number of nitrogens with zero attached hydrogens (tertiary/aromatic N) is 1. The molecule has 1 aromatic carbocycles. The van der Waals surface area contributed by atoms with E-state index in [9.17, 15) is 4.79 Å². The predicted octanol–water partition coefficient (Wildman–Crippen LogP) is 2.34. The van der Waals surface area contributed by atoms with Crippen LogP contribution in [-0.4, -0.2) is 43.2 Å². The van der Waals surface area contributed by atoms with Crippen LogP contribution in [0.25, 0.3) is 0 Å². The molecule has 0 N–H and O–H groups in total. The summed E-state index contributed by atoms with van der Waals surface area (Å²) in [5.74, 6) is 1.05. The Balaban J connectivity index is 1.76. The smallest absolute Gasteiger partial charge is 0.225 e. The average Bonchev–Trinajstić information content (AvgIpc) is 2.48. The number of ether oxygens (including phenoxy) is 2. The second-order valence-corrected chi connectivity index (χ2v) is 5.31. The van der Waals surface area contributed by atoms with Crippen molar-refractivity contribution < 1.29 is 14.3 Å². The Kier molecular flexibility index (Phi) is 5.41. The van der Waals surface area contributed by atoms with Crippen molar-refractivity contribution in [3.63, 3.8) is 0 Å². The fourth-order valence-electron chi connectivity index (χ4n) is 2.33. The second kappa shape index (κ2) is 7.29. The van der Waals surface area contributed by atoms with Gasteiger partial charge in [0.05, 0.1) is 25.9 Å². The van der Waals surface area contributed by atoms with Gasteiger partial charge in [-0.15, -0.1) is 0 Å². The molecular formula is C16H23NO3. The second-order valence-electron chi connectivity index (χ2n) is 5.31. The van der Waals surface area contributed by atoms with Gasteiger partial charge in [0, 0.05) is 12.5 Å². The number of hydrogen-bond acceptors (Lipinski definition) is 3. The van der Waals surface area contributed by atoms with E-state index in [2.05, 4.69) is 0 Å². The Labute approximate surface area is 120 Å². The largest absolute Gasteiger partial charge is 0.494 e. The van der Waals surface area contributed by atoms with Gasteiger partial charge in [-0.1, -0.05) is 25.1 Å². The van der Waals surface area contributed by atoms with Gasteiger partial charge in [0.1, 0.15) is 5.75 Å². The molecule has 0 saturated carbocycles. The number of rotatable bonds is 5. The van der Waals surface area contributed by atoms with E-state index in [-0.39, 0.29) is 17.9 Å². The van der Waals surface area contributed by atoms with Crippen molar-refractivity contribution in [2.45, 2.75) is 26.3 Å². The van der Waals surface area contributed by atoms with Crippen LogP contribution >= 0.6 is 0 Å². The summed E-state index contributed by atoms with van der Waals surface area (Å²) >= 11 is 0. The van der Waals surface area contributed by atoms with Gasteiger partial charge in [-0.3, -0.25) is 4.79 Å². The highest BCUT2D eigenvalue weighted by atomic mass is 16.5. The molecule has 110 valence electrons. The van der Waals surface area contributed by atoms with Crippen LogP contribution in [0.4, 0.5) is 0 Å². The van der Waals surface area contributed by atoms with Crippen molar-refractivity contribution in [3.8, 4) is 5.75 Å². The summed E-state index contributed by atoms with van der Waals surface area (Å²) < 4.78 is 11.0. The van der Waals surface area contributed by atoms with Crippen molar-refractivity contribution >= 4 is 5.91 Å². The summed E-state index contributed by atoms with van der Waals surface area (Å²) in [5, 5.41) is 0. The van der Waals surface area contributed by atoms with Gasteiger partial charge in [-0.2, -0.15) is 0 Å². The molecule has 2 rings (SSSR count). The van der Waals surface area contributed by atoms with Crippen LogP contribution in [0.2, 0.25) is 0 Å². The van der Waals surface area contributed by atoms with E-state index in [1.165, 1.54) is 0 Å². The molecule has 0 spiro atoms. The molecule has 0 aromatic heterocycles. The van der Waals surface area contributed by atoms with E-state index in [0.29, 0.717) is 26.4 Å². The molecule has 1 aromatic rings. The minimum atomic E-state index is -0.0146. The van der Waals surface area contributed by atoms with Crippen LogP contribution in [-0.2, 0) is 9.53 Å². The number of morpholine rings is 1. The minimum Gasteiger partial charge on any atom is -0.494 e. The first-order chi connectivity index (χ1) is 9.68. The van der Waals surface area contributed by atoms with Gasteiger partial charge in [0.25, 0.3) is 0 Å². The van der Waals surface area contributed by atoms with E-state index < -0.39 is 0 Å². The average molecular weight is 277 g/mol. The molecule has 0 unspecified atom stereocenters. The molecule has 4 heteroatoms. The number of para-hydroxylation sites is 1. The topological polar surface area (TPSA) is 38.8 Å². The van der Waals surface area contributed by atoms with Gasteiger partial charge in [0.2, 0.25) is 5.91 Å². The lowest BCUT2D eigenvalue weighted by Gasteiger charge is -2.35. The fraction of sp³-hybridized carbons (Fsp3) is 0.562. The Bertz CT molecular complexity index is 421. The quantitative estimate of drug-likeness (QED) is 0.829. The van der Waals surface area contributed by atoms with Crippen molar-refractivity contribution in [1.29, 1.82) is 0 Å². The molecule has 1 saturated heterocycles. The van der Waals surface area contributed by atoms with Gasteiger partial charge < -0.3 is 14.4 Å². The monoisotopic (exact) mass is 277 g/mol. The molecule has 4 nitrogen and oxygen atoms in total. The molecule has 20 heavy (non-hydrogen) atoms.